The zero-order valence-electron chi connectivity index (χ0n) is 16.5. The van der Waals surface area contributed by atoms with Crippen molar-refractivity contribution in [3.63, 3.8) is 0 Å². The molecule has 2 fully saturated rings. The molecule has 2 aromatic rings. The molecule has 0 spiro atoms. The maximum atomic E-state index is 12.9. The van der Waals surface area contributed by atoms with Crippen molar-refractivity contribution >= 4 is 35.1 Å². The minimum absolute atomic E-state index is 0.0617. The molecule has 1 saturated heterocycles. The Labute approximate surface area is 181 Å². The number of halogens is 1. The zero-order valence-corrected chi connectivity index (χ0v) is 17.4. The largest absolute Gasteiger partial charge is 0.346 e. The number of rotatable bonds is 6. The summed E-state index contributed by atoms with van der Waals surface area (Å²) in [5.41, 5.74) is 0.717. The lowest BCUT2D eigenvalue weighted by Crippen LogP contribution is -2.42. The van der Waals surface area contributed by atoms with Crippen molar-refractivity contribution in [3.8, 4) is 0 Å². The molecule has 2 heterocycles. The first-order valence-electron chi connectivity index (χ1n) is 9.98. The van der Waals surface area contributed by atoms with E-state index in [-0.39, 0.29) is 35.0 Å². The van der Waals surface area contributed by atoms with Crippen molar-refractivity contribution in [2.24, 2.45) is 0 Å². The summed E-state index contributed by atoms with van der Waals surface area (Å²) in [6, 6.07) is 4.82. The van der Waals surface area contributed by atoms with E-state index in [1.807, 2.05) is 0 Å². The van der Waals surface area contributed by atoms with Crippen LogP contribution in [-0.2, 0) is 22.7 Å². The average Bonchev–Trinajstić information content (AvgIpc) is 3.33. The molecule has 1 aromatic heterocycles. The number of nitrogens with one attached hydrogen (secondary N) is 1. The van der Waals surface area contributed by atoms with Gasteiger partial charge in [-0.1, -0.05) is 42.7 Å². The maximum Gasteiger partial charge on any atom is 0.334 e. The molecule has 11 heteroatoms. The van der Waals surface area contributed by atoms with Crippen LogP contribution in [0.3, 0.4) is 0 Å². The number of hydrogen-bond donors (Lipinski definition) is 1. The summed E-state index contributed by atoms with van der Waals surface area (Å²) < 4.78 is 12.9. The molecule has 31 heavy (non-hydrogen) atoms. The van der Waals surface area contributed by atoms with Crippen molar-refractivity contribution in [1.82, 2.24) is 25.3 Å². The topological polar surface area (TPSA) is 113 Å². The fourth-order valence-corrected chi connectivity index (χ4v) is 4.47. The smallest absolute Gasteiger partial charge is 0.334 e. The van der Waals surface area contributed by atoms with Crippen LogP contribution in [0.2, 0.25) is 0 Å². The Morgan fingerprint density at radius 2 is 1.77 bits per heavy atom. The van der Waals surface area contributed by atoms with Crippen LogP contribution < -0.4 is 5.32 Å². The van der Waals surface area contributed by atoms with Gasteiger partial charge in [-0.05, 0) is 30.5 Å². The van der Waals surface area contributed by atoms with Crippen molar-refractivity contribution in [2.75, 3.05) is 0 Å². The molecule has 4 rings (SSSR count). The van der Waals surface area contributed by atoms with Gasteiger partial charge in [0.05, 0.1) is 6.54 Å². The summed E-state index contributed by atoms with van der Waals surface area (Å²) in [7, 11) is 0. The van der Waals surface area contributed by atoms with Crippen molar-refractivity contribution in [3.05, 3.63) is 45.7 Å². The summed E-state index contributed by atoms with van der Waals surface area (Å²) >= 11 is 0.937. The lowest BCUT2D eigenvalue weighted by Gasteiger charge is -2.28. The predicted molar refractivity (Wildman–Crippen MR) is 107 cm³/mol. The second kappa shape index (κ2) is 8.88. The minimum Gasteiger partial charge on any atom is -0.346 e. The van der Waals surface area contributed by atoms with Gasteiger partial charge in [-0.3, -0.25) is 19.3 Å². The first kappa shape index (κ1) is 21.0. The van der Waals surface area contributed by atoms with Crippen LogP contribution >= 0.6 is 11.3 Å². The number of carbonyl (C=O) groups excluding carboxylic acids is 4. The number of carbonyl (C=O) groups is 4. The lowest BCUT2D eigenvalue weighted by atomic mass is 9.94. The van der Waals surface area contributed by atoms with Crippen LogP contribution in [0.5, 0.6) is 0 Å². The molecular weight excluding hydrogens is 425 g/mol. The van der Waals surface area contributed by atoms with Crippen LogP contribution in [0.25, 0.3) is 0 Å². The van der Waals surface area contributed by atoms with Crippen LogP contribution in [0.4, 0.5) is 9.18 Å². The Kier molecular flexibility index (Phi) is 6.03. The number of nitrogens with zero attached hydrogens (tertiary/aromatic N) is 4. The summed E-state index contributed by atoms with van der Waals surface area (Å²) in [4.78, 5) is 51.7. The third-order valence-electron chi connectivity index (χ3n) is 5.34. The maximum absolute atomic E-state index is 12.9. The van der Waals surface area contributed by atoms with E-state index in [1.165, 1.54) is 12.1 Å². The first-order valence-corrected chi connectivity index (χ1v) is 10.8. The van der Waals surface area contributed by atoms with Crippen molar-refractivity contribution < 1.29 is 23.6 Å². The number of urea groups is 1. The van der Waals surface area contributed by atoms with Crippen molar-refractivity contribution in [1.29, 1.82) is 0 Å². The van der Waals surface area contributed by atoms with E-state index >= 15 is 0 Å². The fourth-order valence-electron chi connectivity index (χ4n) is 3.73. The van der Waals surface area contributed by atoms with Gasteiger partial charge in [0, 0.05) is 12.6 Å². The minimum atomic E-state index is -0.881. The molecule has 1 aliphatic heterocycles. The average molecular weight is 445 g/mol. The molecule has 0 radical (unpaired) electrons. The van der Waals surface area contributed by atoms with Crippen LogP contribution in [0, 0.1) is 5.82 Å². The van der Waals surface area contributed by atoms with Gasteiger partial charge in [0.2, 0.25) is 5.01 Å². The second-order valence-corrected chi connectivity index (χ2v) is 8.51. The molecule has 1 saturated carbocycles. The van der Waals surface area contributed by atoms with Gasteiger partial charge in [0.15, 0.2) is 0 Å². The number of amides is 5. The van der Waals surface area contributed by atoms with Gasteiger partial charge in [0.1, 0.15) is 10.8 Å². The Hall–Kier alpha value is -3.21. The molecule has 1 N–H and O–H groups in total. The Balaban J connectivity index is 1.38. The number of imide groups is 2. The Bertz CT molecular complexity index is 1020. The van der Waals surface area contributed by atoms with Gasteiger partial charge >= 0.3 is 17.8 Å². The molecule has 162 valence electrons. The highest BCUT2D eigenvalue weighted by molar-refractivity contribution is 7.13. The first-order chi connectivity index (χ1) is 14.9. The third-order valence-corrected chi connectivity index (χ3v) is 6.25. The lowest BCUT2D eigenvalue weighted by molar-refractivity contribution is -0.144. The quantitative estimate of drug-likeness (QED) is 0.539. The van der Waals surface area contributed by atoms with Gasteiger partial charge in [-0.25, -0.2) is 14.1 Å². The number of hydrogen-bond acceptors (Lipinski definition) is 7. The molecular formula is C20H20FN5O4S. The van der Waals surface area contributed by atoms with Crippen LogP contribution in [0.15, 0.2) is 24.3 Å². The van der Waals surface area contributed by atoms with E-state index in [0.717, 1.165) is 40.4 Å². The third kappa shape index (κ3) is 4.46. The molecule has 0 atom stereocenters. The molecule has 0 bridgehead atoms. The monoisotopic (exact) mass is 445 g/mol. The summed E-state index contributed by atoms with van der Waals surface area (Å²) in [5, 5.41) is 10.7. The van der Waals surface area contributed by atoms with E-state index in [9.17, 15) is 23.6 Å². The number of benzene rings is 1. The molecule has 1 aromatic carbocycles. The normalized spacial score (nSPS) is 17.5. The van der Waals surface area contributed by atoms with Crippen molar-refractivity contribution in [2.45, 2.75) is 51.2 Å². The van der Waals surface area contributed by atoms with Gasteiger partial charge in [0.25, 0.3) is 5.91 Å². The summed E-state index contributed by atoms with van der Waals surface area (Å²) in [6.07, 6.45) is 4.30. The molecule has 5 amide bonds. The SMILES string of the molecule is O=C(NCc1ccc(F)cc1)c1nnc(CN2C(=O)C(=O)N(C3CCCCC3)C2=O)s1. The van der Waals surface area contributed by atoms with Crippen LogP contribution in [0.1, 0.15) is 52.5 Å². The zero-order chi connectivity index (χ0) is 22.0. The molecule has 0 unspecified atom stereocenters. The van der Waals surface area contributed by atoms with E-state index < -0.39 is 23.8 Å². The second-order valence-electron chi connectivity index (χ2n) is 7.45. The highest BCUT2D eigenvalue weighted by atomic mass is 32.1. The Morgan fingerprint density at radius 3 is 2.48 bits per heavy atom. The predicted octanol–water partition coefficient (Wildman–Crippen LogP) is 2.23. The fraction of sp³-hybridized carbons (Fsp3) is 0.400. The van der Waals surface area contributed by atoms with Crippen LogP contribution in [-0.4, -0.2) is 49.8 Å². The molecule has 9 nitrogen and oxygen atoms in total. The molecule has 2 aliphatic rings. The summed E-state index contributed by atoms with van der Waals surface area (Å²) in [6.45, 7) is -0.0302. The highest BCUT2D eigenvalue weighted by Crippen LogP contribution is 2.28. The van der Waals surface area contributed by atoms with E-state index in [0.29, 0.717) is 18.4 Å². The Morgan fingerprint density at radius 1 is 1.06 bits per heavy atom. The van der Waals surface area contributed by atoms with Gasteiger partial charge in [-0.15, -0.1) is 10.2 Å². The highest BCUT2D eigenvalue weighted by Gasteiger charge is 2.48. The molecule has 1 aliphatic carbocycles. The van der Waals surface area contributed by atoms with Gasteiger partial charge < -0.3 is 5.32 Å². The van der Waals surface area contributed by atoms with E-state index in [4.69, 9.17) is 0 Å². The summed E-state index contributed by atoms with van der Waals surface area (Å²) in [5.74, 6) is -2.53. The standard InChI is InChI=1S/C20H20FN5O4S/c21-13-8-6-12(7-9-13)10-22-16(27)17-24-23-15(31-17)11-25-18(28)19(29)26(20(25)30)14-4-2-1-3-5-14/h6-9,14H,1-5,10-11H2,(H,22,27). The van der Waals surface area contributed by atoms with E-state index in [1.54, 1.807) is 12.1 Å². The van der Waals surface area contributed by atoms with E-state index in [2.05, 4.69) is 15.5 Å². The number of aromatic nitrogens is 2. The van der Waals surface area contributed by atoms with Gasteiger partial charge in [-0.2, -0.15) is 0 Å².